The van der Waals surface area contributed by atoms with Gasteiger partial charge in [-0.15, -0.1) is 10.2 Å². The molecule has 0 aliphatic rings. The molecule has 142 valence electrons. The maximum absolute atomic E-state index is 12.9. The van der Waals surface area contributed by atoms with Crippen molar-refractivity contribution in [2.45, 2.75) is 32.5 Å². The van der Waals surface area contributed by atoms with Gasteiger partial charge < -0.3 is 5.32 Å². The van der Waals surface area contributed by atoms with E-state index in [1.165, 1.54) is 22.3 Å². The summed E-state index contributed by atoms with van der Waals surface area (Å²) in [4.78, 5) is 13.7. The molecule has 1 amide bonds. The molecule has 2 aromatic heterocycles. The molecule has 27 heavy (non-hydrogen) atoms. The summed E-state index contributed by atoms with van der Waals surface area (Å²) >= 11 is 1.01. The summed E-state index contributed by atoms with van der Waals surface area (Å²) in [5, 5.41) is 15.7. The second kappa shape index (κ2) is 6.72. The smallest absolute Gasteiger partial charge is 0.316 e. The van der Waals surface area contributed by atoms with Crippen LogP contribution in [0.2, 0.25) is 0 Å². The third kappa shape index (κ3) is 4.13. The third-order valence-corrected chi connectivity index (χ3v) is 4.13. The number of nitrogens with one attached hydrogen (secondary N) is 1. The van der Waals surface area contributed by atoms with Crippen molar-refractivity contribution in [3.63, 3.8) is 0 Å². The van der Waals surface area contributed by atoms with Crippen LogP contribution in [-0.4, -0.2) is 30.5 Å². The lowest BCUT2D eigenvalue weighted by Gasteiger charge is -2.15. The lowest BCUT2D eigenvalue weighted by atomic mass is 10.1. The number of carbonyl (C=O) groups is 1. The molecule has 0 bridgehead atoms. The van der Waals surface area contributed by atoms with Gasteiger partial charge in [-0.2, -0.15) is 22.3 Å². The van der Waals surface area contributed by atoms with Crippen LogP contribution in [0.5, 0.6) is 0 Å². The molecule has 3 aromatic rings. The van der Waals surface area contributed by atoms with Crippen LogP contribution in [0.4, 0.5) is 18.9 Å². The van der Waals surface area contributed by atoms with Crippen molar-refractivity contribution in [2.24, 2.45) is 0 Å². The van der Waals surface area contributed by atoms with Gasteiger partial charge in [0.1, 0.15) is 5.69 Å². The third-order valence-electron chi connectivity index (χ3n) is 3.50. The molecule has 2 heterocycles. The van der Waals surface area contributed by atoms with E-state index in [9.17, 15) is 18.0 Å². The molecule has 0 unspecified atom stereocenters. The molecule has 0 saturated carbocycles. The summed E-state index contributed by atoms with van der Waals surface area (Å²) < 4.78 is 42.9. The number of alkyl halides is 3. The maximum atomic E-state index is 12.9. The van der Waals surface area contributed by atoms with Crippen LogP contribution in [-0.2, 0) is 11.7 Å². The highest BCUT2D eigenvalue weighted by atomic mass is 32.1. The summed E-state index contributed by atoms with van der Waals surface area (Å²) in [7, 11) is 0. The summed E-state index contributed by atoms with van der Waals surface area (Å²) in [6.07, 6.45) is -4.47. The Bertz CT molecular complexity index is 973. The number of hydrogen-bond acceptors (Lipinski definition) is 6. The van der Waals surface area contributed by atoms with Crippen molar-refractivity contribution in [1.82, 2.24) is 24.6 Å². The highest BCUT2D eigenvalue weighted by Gasteiger charge is 2.31. The largest absolute Gasteiger partial charge is 0.416 e. The quantitative estimate of drug-likeness (QED) is 0.727. The molecular weight excluding hydrogens is 381 g/mol. The molecule has 0 aliphatic heterocycles. The van der Waals surface area contributed by atoms with E-state index in [0.29, 0.717) is 0 Å². The molecule has 0 radical (unpaired) electrons. The molecule has 0 spiro atoms. The van der Waals surface area contributed by atoms with E-state index in [1.807, 2.05) is 20.8 Å². The minimum absolute atomic E-state index is 0.147. The lowest BCUT2D eigenvalue weighted by Crippen LogP contribution is -2.25. The van der Waals surface area contributed by atoms with Crippen LogP contribution < -0.4 is 5.32 Å². The van der Waals surface area contributed by atoms with E-state index in [4.69, 9.17) is 0 Å². The van der Waals surface area contributed by atoms with Crippen LogP contribution >= 0.6 is 11.5 Å². The van der Waals surface area contributed by atoms with E-state index in [0.717, 1.165) is 23.7 Å². The van der Waals surface area contributed by atoms with Crippen molar-refractivity contribution < 1.29 is 18.0 Å². The Morgan fingerprint density at radius 3 is 2.59 bits per heavy atom. The van der Waals surface area contributed by atoms with Gasteiger partial charge in [0, 0.05) is 10.9 Å². The number of hydrogen-bond donors (Lipinski definition) is 1. The molecule has 1 N–H and O–H groups in total. The fourth-order valence-corrected chi connectivity index (χ4v) is 2.78. The van der Waals surface area contributed by atoms with E-state index >= 15 is 0 Å². The number of aromatic nitrogens is 5. The standard InChI is InChI=1S/C16H15F3N6OS/c1-15(2,3)25-22-13(21-24-25)14(26)20-11-8-27-23-12(11)9-5-4-6-10(7-9)16(17,18)19/h4-8H,1-3H3,(H,20,26). The molecule has 7 nitrogen and oxygen atoms in total. The summed E-state index contributed by atoms with van der Waals surface area (Å²) in [6, 6.07) is 4.75. The van der Waals surface area contributed by atoms with Gasteiger partial charge in [0.2, 0.25) is 0 Å². The first-order valence-corrected chi connectivity index (χ1v) is 8.63. The van der Waals surface area contributed by atoms with Crippen molar-refractivity contribution in [3.05, 3.63) is 41.0 Å². The van der Waals surface area contributed by atoms with Gasteiger partial charge >= 0.3 is 6.18 Å². The Labute approximate surface area is 156 Å². The van der Waals surface area contributed by atoms with E-state index < -0.39 is 23.2 Å². The Morgan fingerprint density at radius 1 is 1.22 bits per heavy atom. The normalized spacial score (nSPS) is 12.2. The summed E-state index contributed by atoms with van der Waals surface area (Å²) in [5.41, 5.74) is -0.481. The predicted octanol–water partition coefficient (Wildman–Crippen LogP) is 3.82. The minimum atomic E-state index is -4.47. The van der Waals surface area contributed by atoms with Gasteiger partial charge in [-0.25, -0.2) is 0 Å². The zero-order valence-electron chi connectivity index (χ0n) is 14.6. The number of nitrogens with zero attached hydrogens (tertiary/aromatic N) is 5. The molecule has 11 heteroatoms. The molecule has 0 fully saturated rings. The lowest BCUT2D eigenvalue weighted by molar-refractivity contribution is -0.137. The first-order chi connectivity index (χ1) is 12.6. The van der Waals surface area contributed by atoms with Crippen LogP contribution in [0.15, 0.2) is 29.6 Å². The summed E-state index contributed by atoms with van der Waals surface area (Å²) in [5.74, 6) is -0.773. The Kier molecular flexibility index (Phi) is 4.72. The zero-order valence-corrected chi connectivity index (χ0v) is 15.4. The van der Waals surface area contributed by atoms with Crippen molar-refractivity contribution in [2.75, 3.05) is 5.32 Å². The van der Waals surface area contributed by atoms with E-state index in [2.05, 4.69) is 25.1 Å². The van der Waals surface area contributed by atoms with Crippen LogP contribution in [0.1, 0.15) is 37.0 Å². The average Bonchev–Trinajstić information content (AvgIpc) is 3.23. The SMILES string of the molecule is CC(C)(C)n1nnc(C(=O)Nc2csnc2-c2cccc(C(F)(F)F)c2)n1. The highest BCUT2D eigenvalue weighted by molar-refractivity contribution is 7.04. The Hall–Kier alpha value is -2.82. The average molecular weight is 396 g/mol. The number of amides is 1. The topological polar surface area (TPSA) is 85.6 Å². The molecule has 0 saturated heterocycles. The number of benzene rings is 1. The van der Waals surface area contributed by atoms with Crippen LogP contribution in [0.25, 0.3) is 11.3 Å². The second-order valence-electron chi connectivity index (χ2n) is 6.68. The highest BCUT2D eigenvalue weighted by Crippen LogP contribution is 2.34. The number of carbonyl (C=O) groups excluding carboxylic acids is 1. The fourth-order valence-electron chi connectivity index (χ4n) is 2.14. The maximum Gasteiger partial charge on any atom is 0.416 e. The molecule has 1 aromatic carbocycles. The minimum Gasteiger partial charge on any atom is -0.316 e. The van der Waals surface area contributed by atoms with Gasteiger partial charge in [-0.3, -0.25) is 4.79 Å². The van der Waals surface area contributed by atoms with E-state index in [1.54, 1.807) is 0 Å². The molecule has 0 atom stereocenters. The molecule has 3 rings (SSSR count). The number of anilines is 1. The predicted molar refractivity (Wildman–Crippen MR) is 93.3 cm³/mol. The number of halogens is 3. The van der Waals surface area contributed by atoms with Gasteiger partial charge in [0.15, 0.2) is 0 Å². The van der Waals surface area contributed by atoms with Crippen molar-refractivity contribution in [3.8, 4) is 11.3 Å². The molecule has 0 aliphatic carbocycles. The second-order valence-corrected chi connectivity index (χ2v) is 7.31. The number of tetrazole rings is 1. The van der Waals surface area contributed by atoms with Crippen molar-refractivity contribution >= 4 is 23.1 Å². The first-order valence-electron chi connectivity index (χ1n) is 7.79. The fraction of sp³-hybridized carbons (Fsp3) is 0.312. The van der Waals surface area contributed by atoms with Gasteiger partial charge in [0.25, 0.3) is 11.7 Å². The van der Waals surface area contributed by atoms with Crippen molar-refractivity contribution in [1.29, 1.82) is 0 Å². The summed E-state index contributed by atoms with van der Waals surface area (Å²) in [6.45, 7) is 5.56. The van der Waals surface area contributed by atoms with Gasteiger partial charge in [-0.05, 0) is 49.6 Å². The zero-order chi connectivity index (χ0) is 19.8. The first kappa shape index (κ1) is 19.0. The van der Waals surface area contributed by atoms with E-state index in [-0.39, 0.29) is 22.8 Å². The molecular formula is C16H15F3N6OS. The monoisotopic (exact) mass is 396 g/mol. The Morgan fingerprint density at radius 2 is 1.96 bits per heavy atom. The van der Waals surface area contributed by atoms with Crippen LogP contribution in [0.3, 0.4) is 0 Å². The van der Waals surface area contributed by atoms with Crippen LogP contribution in [0, 0.1) is 0 Å². The van der Waals surface area contributed by atoms with Gasteiger partial charge in [0.05, 0.1) is 16.8 Å². The van der Waals surface area contributed by atoms with Gasteiger partial charge in [-0.1, -0.05) is 12.1 Å². The number of rotatable bonds is 3. The Balaban J connectivity index is 1.86.